The number of allylic oxidation sites excluding steroid dienone is 2. The summed E-state index contributed by atoms with van der Waals surface area (Å²) < 4.78 is 18.3. The Hall–Kier alpha value is -0.870. The van der Waals surface area contributed by atoms with Gasteiger partial charge in [-0.3, -0.25) is 4.79 Å². The molecule has 0 aromatic carbocycles. The Morgan fingerprint density at radius 2 is 1.60 bits per heavy atom. The van der Waals surface area contributed by atoms with E-state index in [0.717, 1.165) is 44.9 Å². The van der Waals surface area contributed by atoms with Gasteiger partial charge in [0.2, 0.25) is 0 Å². The van der Waals surface area contributed by atoms with Gasteiger partial charge < -0.3 is 14.2 Å². The molecule has 1 saturated carbocycles. The van der Waals surface area contributed by atoms with E-state index in [4.69, 9.17) is 14.2 Å². The third-order valence-corrected chi connectivity index (χ3v) is 6.80. The molecule has 0 N–H and O–H groups in total. The molecule has 1 aliphatic rings. The lowest BCUT2D eigenvalue weighted by Crippen LogP contribution is -2.40. The van der Waals surface area contributed by atoms with Gasteiger partial charge in [0, 0.05) is 5.92 Å². The zero-order valence-corrected chi connectivity index (χ0v) is 21.1. The molecular formula is C26H48O4. The molecule has 0 aromatic rings. The Labute approximate surface area is 186 Å². The van der Waals surface area contributed by atoms with Crippen molar-refractivity contribution in [1.29, 1.82) is 0 Å². The van der Waals surface area contributed by atoms with Crippen LogP contribution in [-0.4, -0.2) is 30.6 Å². The van der Waals surface area contributed by atoms with Crippen molar-refractivity contribution in [3.05, 3.63) is 11.6 Å². The Morgan fingerprint density at radius 3 is 2.03 bits per heavy atom. The van der Waals surface area contributed by atoms with Crippen molar-refractivity contribution in [2.45, 2.75) is 132 Å². The van der Waals surface area contributed by atoms with Crippen LogP contribution < -0.4 is 0 Å². The third-order valence-electron chi connectivity index (χ3n) is 6.80. The summed E-state index contributed by atoms with van der Waals surface area (Å²) in [4.78, 5) is 13.3. The van der Waals surface area contributed by atoms with E-state index in [0.29, 0.717) is 5.92 Å². The molecule has 1 aliphatic carbocycles. The molecule has 3 atom stereocenters. The Bertz CT molecular complexity index is 531. The van der Waals surface area contributed by atoms with Crippen LogP contribution in [0.4, 0.5) is 0 Å². The van der Waals surface area contributed by atoms with Crippen LogP contribution in [0, 0.1) is 17.3 Å². The van der Waals surface area contributed by atoms with Crippen molar-refractivity contribution in [1.82, 2.24) is 0 Å². The molecule has 0 amide bonds. The van der Waals surface area contributed by atoms with Crippen molar-refractivity contribution in [3.8, 4) is 0 Å². The summed E-state index contributed by atoms with van der Waals surface area (Å²) in [5.41, 5.74) is 0.866. The van der Waals surface area contributed by atoms with Crippen LogP contribution in [0.3, 0.4) is 0 Å². The molecule has 0 aromatic heterocycles. The Morgan fingerprint density at radius 1 is 1.03 bits per heavy atom. The second-order valence-corrected chi connectivity index (χ2v) is 9.94. The number of rotatable bonds is 12. The van der Waals surface area contributed by atoms with E-state index >= 15 is 0 Å². The van der Waals surface area contributed by atoms with Gasteiger partial charge >= 0.3 is 5.97 Å². The average Bonchev–Trinajstić information content (AvgIpc) is 2.71. The molecule has 0 radical (unpaired) electrons. The number of ether oxygens (including phenoxy) is 3. The zero-order chi connectivity index (χ0) is 22.9. The maximum Gasteiger partial charge on any atom is 0.312 e. The second-order valence-electron chi connectivity index (χ2n) is 9.94. The van der Waals surface area contributed by atoms with E-state index in [1.807, 2.05) is 13.8 Å². The highest BCUT2D eigenvalue weighted by atomic mass is 16.7. The molecule has 0 spiro atoms. The zero-order valence-electron chi connectivity index (χ0n) is 21.1. The SMILES string of the molecule is C/C=C(/CC)CC(C)(C(=O)OC1CCC(OC(OC(C)C)C(C)C)CC1)C(C)CC. The summed E-state index contributed by atoms with van der Waals surface area (Å²) in [7, 11) is 0. The molecule has 0 aliphatic heterocycles. The van der Waals surface area contributed by atoms with Crippen molar-refractivity contribution in [2.75, 3.05) is 0 Å². The van der Waals surface area contributed by atoms with Crippen LogP contribution >= 0.6 is 0 Å². The van der Waals surface area contributed by atoms with Crippen molar-refractivity contribution >= 4 is 5.97 Å². The monoisotopic (exact) mass is 424 g/mol. The molecule has 0 bridgehead atoms. The van der Waals surface area contributed by atoms with E-state index in [2.05, 4.69) is 54.5 Å². The van der Waals surface area contributed by atoms with Gasteiger partial charge in [0.15, 0.2) is 6.29 Å². The lowest BCUT2D eigenvalue weighted by molar-refractivity contribution is -0.216. The number of carbonyl (C=O) groups excluding carboxylic acids is 1. The number of carbonyl (C=O) groups is 1. The van der Waals surface area contributed by atoms with Gasteiger partial charge in [0.25, 0.3) is 0 Å². The van der Waals surface area contributed by atoms with E-state index in [9.17, 15) is 4.79 Å². The fourth-order valence-corrected chi connectivity index (χ4v) is 4.18. The van der Waals surface area contributed by atoms with Gasteiger partial charge in [-0.15, -0.1) is 0 Å². The summed E-state index contributed by atoms with van der Waals surface area (Å²) in [5.74, 6) is 0.571. The van der Waals surface area contributed by atoms with E-state index in [1.165, 1.54) is 5.57 Å². The summed E-state index contributed by atoms with van der Waals surface area (Å²) in [6.07, 6.45) is 8.61. The molecule has 30 heavy (non-hydrogen) atoms. The third kappa shape index (κ3) is 8.00. The van der Waals surface area contributed by atoms with E-state index in [1.54, 1.807) is 0 Å². The topological polar surface area (TPSA) is 44.8 Å². The predicted molar refractivity (Wildman–Crippen MR) is 124 cm³/mol. The van der Waals surface area contributed by atoms with Gasteiger partial charge in [-0.25, -0.2) is 0 Å². The molecule has 176 valence electrons. The van der Waals surface area contributed by atoms with Crippen LogP contribution in [0.1, 0.15) is 107 Å². The van der Waals surface area contributed by atoms with Crippen LogP contribution in [-0.2, 0) is 19.0 Å². The molecule has 1 rings (SSSR count). The van der Waals surface area contributed by atoms with Crippen LogP contribution in [0.2, 0.25) is 0 Å². The van der Waals surface area contributed by atoms with E-state index in [-0.39, 0.29) is 36.5 Å². The molecule has 3 unspecified atom stereocenters. The lowest BCUT2D eigenvalue weighted by Gasteiger charge is -2.37. The molecular weight excluding hydrogens is 376 g/mol. The highest BCUT2D eigenvalue weighted by Crippen LogP contribution is 2.39. The second kappa shape index (κ2) is 12.9. The number of esters is 1. The minimum Gasteiger partial charge on any atom is -0.462 e. The summed E-state index contributed by atoms with van der Waals surface area (Å²) in [6.45, 7) is 19.0. The van der Waals surface area contributed by atoms with Gasteiger partial charge in [-0.1, -0.05) is 52.7 Å². The normalized spacial score (nSPS) is 24.6. The maximum absolute atomic E-state index is 13.3. The first-order valence-corrected chi connectivity index (χ1v) is 12.2. The standard InChI is InChI=1S/C26H48O4/c1-10-20(8)26(9,17-21(11-2)12-3)25(27)30-23-15-13-22(14-16-23)29-24(18(4)5)28-19(6)7/h11,18-20,22-24H,10,12-17H2,1-9H3/b21-11-. The van der Waals surface area contributed by atoms with Crippen molar-refractivity contribution in [3.63, 3.8) is 0 Å². The number of hydrogen-bond acceptors (Lipinski definition) is 4. The van der Waals surface area contributed by atoms with Crippen LogP contribution in [0.25, 0.3) is 0 Å². The maximum atomic E-state index is 13.3. The first kappa shape index (κ1) is 27.2. The largest absolute Gasteiger partial charge is 0.462 e. The molecule has 1 fully saturated rings. The van der Waals surface area contributed by atoms with Crippen molar-refractivity contribution < 1.29 is 19.0 Å². The lowest BCUT2D eigenvalue weighted by atomic mass is 9.72. The smallest absolute Gasteiger partial charge is 0.312 e. The molecule has 0 heterocycles. The fourth-order valence-electron chi connectivity index (χ4n) is 4.18. The first-order chi connectivity index (χ1) is 14.1. The first-order valence-electron chi connectivity index (χ1n) is 12.2. The van der Waals surface area contributed by atoms with Crippen LogP contribution in [0.15, 0.2) is 11.6 Å². The molecule has 4 heteroatoms. The van der Waals surface area contributed by atoms with Gasteiger partial charge in [0.1, 0.15) is 6.10 Å². The summed E-state index contributed by atoms with van der Waals surface area (Å²) in [5, 5.41) is 0. The van der Waals surface area contributed by atoms with Gasteiger partial charge in [-0.2, -0.15) is 0 Å². The Balaban J connectivity index is 2.68. The molecule has 0 saturated heterocycles. The van der Waals surface area contributed by atoms with Gasteiger partial charge in [0.05, 0.1) is 17.6 Å². The fraction of sp³-hybridized carbons (Fsp3) is 0.885. The highest BCUT2D eigenvalue weighted by Gasteiger charge is 2.41. The predicted octanol–water partition coefficient (Wildman–Crippen LogP) is 7.06. The number of hydrogen-bond donors (Lipinski definition) is 0. The van der Waals surface area contributed by atoms with E-state index < -0.39 is 5.41 Å². The average molecular weight is 425 g/mol. The molecule has 4 nitrogen and oxygen atoms in total. The van der Waals surface area contributed by atoms with Crippen LogP contribution in [0.5, 0.6) is 0 Å². The summed E-state index contributed by atoms with van der Waals surface area (Å²) >= 11 is 0. The minimum absolute atomic E-state index is 0.0000640. The van der Waals surface area contributed by atoms with Gasteiger partial charge in [-0.05, 0) is 72.1 Å². The Kier molecular flexibility index (Phi) is 11.6. The highest BCUT2D eigenvalue weighted by molar-refractivity contribution is 5.77. The quantitative estimate of drug-likeness (QED) is 0.191. The minimum atomic E-state index is -0.464. The summed E-state index contributed by atoms with van der Waals surface area (Å²) in [6, 6.07) is 0. The van der Waals surface area contributed by atoms with Crippen molar-refractivity contribution in [2.24, 2.45) is 17.3 Å².